The zero-order valence-corrected chi connectivity index (χ0v) is 27.2. The fraction of sp³-hybridized carbons (Fsp3) is 0. The fourth-order valence-electron chi connectivity index (χ4n) is 7.72. The molecule has 0 N–H and O–H groups in total. The molecule has 7 aromatic carbocycles. The number of benzene rings is 7. The molecule has 0 spiro atoms. The number of furan rings is 2. The van der Waals surface area contributed by atoms with Gasteiger partial charge in [0.1, 0.15) is 28.0 Å². The second-order valence-corrected chi connectivity index (χ2v) is 13.0. The summed E-state index contributed by atoms with van der Waals surface area (Å²) in [6.07, 6.45) is 0. The number of para-hydroxylation sites is 3. The van der Waals surface area contributed by atoms with Crippen LogP contribution in [0.5, 0.6) is 0 Å². The molecule has 0 aliphatic carbocycles. The zero-order chi connectivity index (χ0) is 33.5. The van der Waals surface area contributed by atoms with Crippen LogP contribution >= 0.6 is 0 Å². The molecule has 11 rings (SSSR count). The highest BCUT2D eigenvalue weighted by molar-refractivity contribution is 6.14. The summed E-state index contributed by atoms with van der Waals surface area (Å²) >= 11 is 0. The van der Waals surface area contributed by atoms with E-state index in [1.54, 1.807) is 0 Å². The van der Waals surface area contributed by atoms with Crippen LogP contribution in [0, 0.1) is 0 Å². The van der Waals surface area contributed by atoms with Crippen molar-refractivity contribution in [3.05, 3.63) is 164 Å². The van der Waals surface area contributed by atoms with Crippen molar-refractivity contribution in [2.75, 3.05) is 0 Å². The molecule has 0 fully saturated rings. The molecular weight excluding hydrogens is 627 g/mol. The van der Waals surface area contributed by atoms with Crippen molar-refractivity contribution in [2.45, 2.75) is 0 Å². The largest absolute Gasteiger partial charge is 0.456 e. The lowest BCUT2D eigenvalue weighted by Gasteiger charge is -2.10. The fourth-order valence-corrected chi connectivity index (χ4v) is 7.72. The van der Waals surface area contributed by atoms with Crippen LogP contribution in [0.15, 0.2) is 173 Å². The van der Waals surface area contributed by atoms with E-state index >= 15 is 0 Å². The summed E-state index contributed by atoms with van der Waals surface area (Å²) < 4.78 is 15.0. The Morgan fingerprint density at radius 1 is 0.412 bits per heavy atom. The Hall–Kier alpha value is -6.98. The Labute approximate surface area is 291 Å². The summed E-state index contributed by atoms with van der Waals surface area (Å²) in [4.78, 5) is 10.6. The highest BCUT2D eigenvalue weighted by atomic mass is 16.3. The zero-order valence-electron chi connectivity index (χ0n) is 27.2. The predicted octanol–water partition coefficient (Wildman–Crippen LogP) is 12.4. The van der Waals surface area contributed by atoms with E-state index < -0.39 is 0 Å². The monoisotopic (exact) mass is 653 g/mol. The Bertz CT molecular complexity index is 3130. The molecule has 4 aromatic heterocycles. The van der Waals surface area contributed by atoms with Crippen molar-refractivity contribution in [3.8, 4) is 39.3 Å². The Morgan fingerprint density at radius 3 is 1.94 bits per heavy atom. The van der Waals surface area contributed by atoms with Crippen LogP contribution in [0.1, 0.15) is 0 Å². The standard InChI is InChI=1S/C46H27N3O2/c1-3-12-28(13-4-1)43-44(34-18-11-21-41-42(34)33-17-8-10-20-39(33)50-41)48-46-45(47-43)36-27-30(23-25-40(36)51-46)29-22-24-38-35(26-29)32-16-7-9-19-37(32)49(38)31-14-5-2-6-15-31/h1-27H. The van der Waals surface area contributed by atoms with Crippen molar-refractivity contribution in [1.29, 1.82) is 0 Å². The molecule has 0 saturated carbocycles. The third kappa shape index (κ3) is 4.22. The van der Waals surface area contributed by atoms with Crippen molar-refractivity contribution in [1.82, 2.24) is 14.5 Å². The molecule has 0 saturated heterocycles. The van der Waals surface area contributed by atoms with Crippen LogP contribution in [-0.4, -0.2) is 14.5 Å². The Morgan fingerprint density at radius 2 is 1.08 bits per heavy atom. The molecule has 0 unspecified atom stereocenters. The molecule has 0 aliphatic rings. The molecule has 11 aromatic rings. The molecule has 0 aliphatic heterocycles. The van der Waals surface area contributed by atoms with Gasteiger partial charge in [-0.3, -0.25) is 0 Å². The van der Waals surface area contributed by atoms with Crippen molar-refractivity contribution in [3.63, 3.8) is 0 Å². The van der Waals surface area contributed by atoms with E-state index in [0.29, 0.717) is 5.71 Å². The smallest absolute Gasteiger partial charge is 0.246 e. The van der Waals surface area contributed by atoms with E-state index in [9.17, 15) is 0 Å². The molecule has 51 heavy (non-hydrogen) atoms. The van der Waals surface area contributed by atoms with Crippen LogP contribution in [0.3, 0.4) is 0 Å². The van der Waals surface area contributed by atoms with Gasteiger partial charge in [0.05, 0.1) is 16.7 Å². The first-order valence-corrected chi connectivity index (χ1v) is 17.1. The molecule has 5 heteroatoms. The average molecular weight is 654 g/mol. The van der Waals surface area contributed by atoms with Gasteiger partial charge in [-0.05, 0) is 65.7 Å². The second kappa shape index (κ2) is 10.8. The molecule has 5 nitrogen and oxygen atoms in total. The van der Waals surface area contributed by atoms with Gasteiger partial charge in [-0.15, -0.1) is 0 Å². The molecule has 0 amide bonds. The number of fused-ring (bicyclic) bond motifs is 9. The van der Waals surface area contributed by atoms with E-state index in [-0.39, 0.29) is 0 Å². The first-order valence-electron chi connectivity index (χ1n) is 17.1. The summed E-state index contributed by atoms with van der Waals surface area (Å²) in [6.45, 7) is 0. The average Bonchev–Trinajstić information content (AvgIpc) is 3.86. The van der Waals surface area contributed by atoms with E-state index in [1.165, 1.54) is 21.8 Å². The Kier molecular flexibility index (Phi) is 5.89. The number of rotatable bonds is 4. The highest BCUT2D eigenvalue weighted by Gasteiger charge is 2.22. The lowest BCUT2D eigenvalue weighted by Crippen LogP contribution is -1.94. The van der Waals surface area contributed by atoms with Crippen molar-refractivity contribution >= 4 is 65.9 Å². The first-order chi connectivity index (χ1) is 25.3. The molecule has 4 heterocycles. The molecular formula is C46H27N3O2. The SMILES string of the molecule is c1ccc(-c2nc3c(nc2-c2cccc4oc5ccccc5c24)oc2ccc(-c4ccc5c(c4)c4ccccc4n5-c4ccccc4)cc23)cc1. The van der Waals surface area contributed by atoms with Gasteiger partial charge in [-0.2, -0.15) is 0 Å². The minimum atomic E-state index is 0.503. The number of hydrogen-bond donors (Lipinski definition) is 0. The minimum Gasteiger partial charge on any atom is -0.456 e. The summed E-state index contributed by atoms with van der Waals surface area (Å²) in [7, 11) is 0. The van der Waals surface area contributed by atoms with Crippen molar-refractivity contribution in [2.24, 2.45) is 0 Å². The second-order valence-electron chi connectivity index (χ2n) is 13.0. The number of aromatic nitrogens is 3. The normalized spacial score (nSPS) is 11.9. The number of nitrogens with zero attached hydrogens (tertiary/aromatic N) is 3. The van der Waals surface area contributed by atoms with Gasteiger partial charge in [0.15, 0.2) is 0 Å². The van der Waals surface area contributed by atoms with E-state index in [4.69, 9.17) is 18.8 Å². The van der Waals surface area contributed by atoms with Crippen LogP contribution in [-0.2, 0) is 0 Å². The van der Waals surface area contributed by atoms with Gasteiger partial charge in [0.2, 0.25) is 5.71 Å². The maximum Gasteiger partial charge on any atom is 0.246 e. The van der Waals surface area contributed by atoms with Gasteiger partial charge in [-0.25, -0.2) is 9.97 Å². The quantitative estimate of drug-likeness (QED) is 0.190. The molecule has 0 atom stereocenters. The van der Waals surface area contributed by atoms with E-state index in [0.717, 1.165) is 77.8 Å². The molecule has 238 valence electrons. The molecule has 0 radical (unpaired) electrons. The number of hydrogen-bond acceptors (Lipinski definition) is 4. The first kappa shape index (κ1) is 27.9. The third-order valence-corrected chi connectivity index (χ3v) is 10.0. The lowest BCUT2D eigenvalue weighted by molar-refractivity contribution is 0.653. The summed E-state index contributed by atoms with van der Waals surface area (Å²) in [5, 5.41) is 5.42. The third-order valence-electron chi connectivity index (χ3n) is 10.0. The highest BCUT2D eigenvalue weighted by Crippen LogP contribution is 2.42. The minimum absolute atomic E-state index is 0.503. The van der Waals surface area contributed by atoms with Gasteiger partial charge in [0, 0.05) is 43.7 Å². The van der Waals surface area contributed by atoms with Crippen LogP contribution in [0.2, 0.25) is 0 Å². The lowest BCUT2D eigenvalue weighted by atomic mass is 9.99. The predicted molar refractivity (Wildman–Crippen MR) is 207 cm³/mol. The summed E-state index contributed by atoms with van der Waals surface area (Å²) in [5.41, 5.74) is 12.8. The van der Waals surface area contributed by atoms with Gasteiger partial charge >= 0.3 is 0 Å². The van der Waals surface area contributed by atoms with Crippen LogP contribution in [0.4, 0.5) is 0 Å². The Balaban J connectivity index is 1.12. The summed E-state index contributed by atoms with van der Waals surface area (Å²) in [5.74, 6) is 0. The van der Waals surface area contributed by atoms with Gasteiger partial charge in [-0.1, -0.05) is 109 Å². The maximum absolute atomic E-state index is 6.46. The van der Waals surface area contributed by atoms with Gasteiger partial charge in [0.25, 0.3) is 0 Å². The van der Waals surface area contributed by atoms with E-state index in [2.05, 4.69) is 114 Å². The van der Waals surface area contributed by atoms with Crippen LogP contribution in [0.25, 0.3) is 105 Å². The molecule has 0 bridgehead atoms. The summed E-state index contributed by atoms with van der Waals surface area (Å²) in [6, 6.07) is 56.8. The maximum atomic E-state index is 6.46. The van der Waals surface area contributed by atoms with Crippen LogP contribution < -0.4 is 0 Å². The topological polar surface area (TPSA) is 57.0 Å². The van der Waals surface area contributed by atoms with Crippen molar-refractivity contribution < 1.29 is 8.83 Å². The van der Waals surface area contributed by atoms with Gasteiger partial charge < -0.3 is 13.4 Å². The van der Waals surface area contributed by atoms with E-state index in [1.807, 2.05) is 54.6 Å².